The number of hydrogen-bond donors (Lipinski definition) is 4. The topological polar surface area (TPSA) is 116 Å². The Morgan fingerprint density at radius 3 is 2.40 bits per heavy atom. The zero-order chi connectivity index (χ0) is 15.4. The Bertz CT molecular complexity index is 583. The Kier molecular flexibility index (Phi) is 5.09. The number of carbonyl (C=O) groups is 1. The van der Waals surface area contributed by atoms with Crippen molar-refractivity contribution in [3.8, 4) is 0 Å². The Morgan fingerprint density at radius 1 is 1.25 bits per heavy atom. The van der Waals surface area contributed by atoms with Crippen molar-refractivity contribution in [2.45, 2.75) is 26.1 Å². The number of amides is 1. The second-order valence-electron chi connectivity index (χ2n) is 4.21. The summed E-state index contributed by atoms with van der Waals surface area (Å²) in [6.07, 6.45) is -0.166. The highest BCUT2D eigenvalue weighted by Crippen LogP contribution is 2.18. The van der Waals surface area contributed by atoms with Crippen molar-refractivity contribution in [1.29, 1.82) is 0 Å². The molecule has 0 aliphatic heterocycles. The molecule has 7 nitrogen and oxygen atoms in total. The molecule has 1 rings (SSSR count). The van der Waals surface area contributed by atoms with Crippen molar-refractivity contribution in [1.82, 2.24) is 0 Å². The van der Waals surface area contributed by atoms with Gasteiger partial charge in [0.15, 0.2) is 0 Å². The molecule has 0 fully saturated rings. The average molecular weight is 302 g/mol. The van der Waals surface area contributed by atoms with Gasteiger partial charge in [-0.1, -0.05) is 13.0 Å². The second-order valence-corrected chi connectivity index (χ2v) is 6.22. The monoisotopic (exact) mass is 302 g/mol. The minimum atomic E-state index is -3.41. The van der Waals surface area contributed by atoms with Gasteiger partial charge in [-0.2, -0.15) is 0 Å². The highest BCUT2D eigenvalue weighted by molar-refractivity contribution is 7.92. The van der Waals surface area contributed by atoms with Crippen LogP contribution in [0.5, 0.6) is 0 Å². The molecule has 0 atom stereocenters. The molecule has 112 valence electrons. The van der Waals surface area contributed by atoms with Crippen LogP contribution in [0.1, 0.15) is 20.3 Å². The van der Waals surface area contributed by atoms with Crippen molar-refractivity contribution in [3.05, 3.63) is 24.3 Å². The molecule has 0 aliphatic rings. The van der Waals surface area contributed by atoms with Crippen LogP contribution >= 0.6 is 0 Å². The third-order valence-electron chi connectivity index (χ3n) is 2.63. The third-order valence-corrected chi connectivity index (χ3v) is 3.94. The number of sulfonamides is 1. The van der Waals surface area contributed by atoms with Gasteiger partial charge >= 0.3 is 0 Å². The molecule has 0 saturated heterocycles. The lowest BCUT2D eigenvalue weighted by atomic mass is 10.2. The summed E-state index contributed by atoms with van der Waals surface area (Å²) in [4.78, 5) is 11.6. The van der Waals surface area contributed by atoms with Crippen LogP contribution in [0, 0.1) is 0 Å². The van der Waals surface area contributed by atoms with E-state index in [0.29, 0.717) is 0 Å². The van der Waals surface area contributed by atoms with E-state index < -0.39 is 21.7 Å². The zero-order valence-corrected chi connectivity index (χ0v) is 12.1. The van der Waals surface area contributed by atoms with Gasteiger partial charge in [0, 0.05) is 12.1 Å². The first kappa shape index (κ1) is 16.4. The smallest absolute Gasteiger partial charge is 0.284 e. The summed E-state index contributed by atoms with van der Waals surface area (Å²) >= 11 is 0. The number of rotatable bonds is 6. The maximum absolute atomic E-state index is 11.6. The molecule has 0 radical (unpaired) electrons. The first-order valence-corrected chi connectivity index (χ1v) is 7.72. The van der Waals surface area contributed by atoms with Crippen LogP contribution in [0.4, 0.5) is 11.4 Å². The molecule has 0 aliphatic carbocycles. The van der Waals surface area contributed by atoms with Gasteiger partial charge < -0.3 is 15.5 Å². The predicted molar refractivity (Wildman–Crippen MR) is 75.6 cm³/mol. The van der Waals surface area contributed by atoms with Gasteiger partial charge in [-0.25, -0.2) is 8.42 Å². The lowest BCUT2D eigenvalue weighted by Crippen LogP contribution is -2.42. The van der Waals surface area contributed by atoms with E-state index in [9.17, 15) is 23.4 Å². The fourth-order valence-corrected chi connectivity index (χ4v) is 1.93. The third kappa shape index (κ3) is 4.48. The number of anilines is 2. The quantitative estimate of drug-likeness (QED) is 0.570. The van der Waals surface area contributed by atoms with Gasteiger partial charge in [0.1, 0.15) is 0 Å². The molecular formula is C12H18N2O5S. The Morgan fingerprint density at radius 2 is 1.85 bits per heavy atom. The van der Waals surface area contributed by atoms with Gasteiger partial charge in [-0.15, -0.1) is 0 Å². The van der Waals surface area contributed by atoms with Crippen LogP contribution in [0.15, 0.2) is 24.3 Å². The molecular weight excluding hydrogens is 284 g/mol. The number of benzene rings is 1. The van der Waals surface area contributed by atoms with E-state index in [-0.39, 0.29) is 23.5 Å². The first-order chi connectivity index (χ1) is 9.20. The van der Waals surface area contributed by atoms with Crippen LogP contribution in [-0.4, -0.2) is 36.1 Å². The lowest BCUT2D eigenvalue weighted by molar-refractivity contribution is -0.180. The molecule has 0 unspecified atom stereocenters. The molecule has 0 bridgehead atoms. The summed E-state index contributed by atoms with van der Waals surface area (Å²) in [7, 11) is -3.41. The predicted octanol–water partition coefficient (Wildman–Crippen LogP) is 0.478. The van der Waals surface area contributed by atoms with E-state index in [1.165, 1.54) is 38.1 Å². The van der Waals surface area contributed by atoms with E-state index in [1.807, 2.05) is 0 Å². The molecule has 0 heterocycles. The number of hydrogen-bond acceptors (Lipinski definition) is 5. The second kappa shape index (κ2) is 6.21. The number of aliphatic hydroxyl groups is 2. The summed E-state index contributed by atoms with van der Waals surface area (Å²) in [5.74, 6) is -3.51. The van der Waals surface area contributed by atoms with E-state index >= 15 is 0 Å². The molecule has 0 saturated carbocycles. The first-order valence-electron chi connectivity index (χ1n) is 6.07. The van der Waals surface area contributed by atoms with Gasteiger partial charge in [0.2, 0.25) is 15.8 Å². The maximum Gasteiger partial charge on any atom is 0.284 e. The molecule has 1 aromatic carbocycles. The molecule has 20 heavy (non-hydrogen) atoms. The molecule has 0 spiro atoms. The minimum absolute atomic E-state index is 0.0736. The normalized spacial score (nSPS) is 12.0. The standard InChI is InChI=1S/C12H18N2O5S/c1-3-12(16,17)11(15)13-9-6-5-7-10(8-9)14-20(18,19)4-2/h5-8,14,16-17H,3-4H2,1-2H3,(H,13,15). The van der Waals surface area contributed by atoms with Crippen molar-refractivity contribution >= 4 is 27.3 Å². The summed E-state index contributed by atoms with van der Waals surface area (Å²) < 4.78 is 25.2. The molecule has 1 amide bonds. The van der Waals surface area contributed by atoms with Crippen LogP contribution in [0.25, 0.3) is 0 Å². The van der Waals surface area contributed by atoms with Crippen molar-refractivity contribution in [3.63, 3.8) is 0 Å². The van der Waals surface area contributed by atoms with E-state index in [0.717, 1.165) is 0 Å². The van der Waals surface area contributed by atoms with Gasteiger partial charge in [-0.3, -0.25) is 9.52 Å². The SMILES string of the molecule is CCC(O)(O)C(=O)Nc1cccc(NS(=O)(=O)CC)c1. The van der Waals surface area contributed by atoms with Crippen molar-refractivity contribution in [2.24, 2.45) is 0 Å². The summed E-state index contributed by atoms with van der Waals surface area (Å²) in [5.41, 5.74) is 0.537. The van der Waals surface area contributed by atoms with E-state index in [2.05, 4.69) is 10.0 Å². The van der Waals surface area contributed by atoms with E-state index in [4.69, 9.17) is 0 Å². The number of carbonyl (C=O) groups excluding carboxylic acids is 1. The highest BCUT2D eigenvalue weighted by atomic mass is 32.2. The Hall–Kier alpha value is -1.64. The molecule has 1 aromatic rings. The minimum Gasteiger partial charge on any atom is -0.358 e. The molecule has 8 heteroatoms. The fraction of sp³-hybridized carbons (Fsp3) is 0.417. The average Bonchev–Trinajstić information content (AvgIpc) is 2.38. The van der Waals surface area contributed by atoms with Gasteiger partial charge in [-0.05, 0) is 25.1 Å². The van der Waals surface area contributed by atoms with Crippen LogP contribution in [0.3, 0.4) is 0 Å². The lowest BCUT2D eigenvalue weighted by Gasteiger charge is -2.19. The van der Waals surface area contributed by atoms with Crippen LogP contribution in [0.2, 0.25) is 0 Å². The van der Waals surface area contributed by atoms with Gasteiger partial charge in [0.05, 0.1) is 11.4 Å². The fourth-order valence-electron chi connectivity index (χ4n) is 1.30. The van der Waals surface area contributed by atoms with Crippen LogP contribution in [-0.2, 0) is 14.8 Å². The number of nitrogens with one attached hydrogen (secondary N) is 2. The van der Waals surface area contributed by atoms with Crippen molar-refractivity contribution < 1.29 is 23.4 Å². The molecule has 4 N–H and O–H groups in total. The maximum atomic E-state index is 11.6. The molecule has 0 aromatic heterocycles. The highest BCUT2D eigenvalue weighted by Gasteiger charge is 2.30. The van der Waals surface area contributed by atoms with Crippen LogP contribution < -0.4 is 10.0 Å². The van der Waals surface area contributed by atoms with Gasteiger partial charge in [0.25, 0.3) is 5.91 Å². The van der Waals surface area contributed by atoms with Crippen molar-refractivity contribution in [2.75, 3.05) is 15.8 Å². The zero-order valence-electron chi connectivity index (χ0n) is 11.3. The summed E-state index contributed by atoms with van der Waals surface area (Å²) in [6, 6.07) is 5.95. The Labute approximate surface area is 117 Å². The Balaban J connectivity index is 2.87. The summed E-state index contributed by atoms with van der Waals surface area (Å²) in [6.45, 7) is 2.95. The van der Waals surface area contributed by atoms with E-state index in [1.54, 1.807) is 0 Å². The summed E-state index contributed by atoms with van der Waals surface area (Å²) in [5, 5.41) is 21.1. The largest absolute Gasteiger partial charge is 0.358 e.